The summed E-state index contributed by atoms with van der Waals surface area (Å²) in [6.07, 6.45) is 4.35. The average Bonchev–Trinajstić information content (AvgIpc) is 3.35. The fourth-order valence-electron chi connectivity index (χ4n) is 4.71. The maximum atomic E-state index is 13.9. The Labute approximate surface area is 196 Å². The minimum absolute atomic E-state index is 0.0379. The van der Waals surface area contributed by atoms with E-state index in [0.717, 1.165) is 40.8 Å². The van der Waals surface area contributed by atoms with Gasteiger partial charge in [-0.15, -0.1) is 0 Å². The van der Waals surface area contributed by atoms with Crippen molar-refractivity contribution in [2.75, 3.05) is 5.73 Å². The minimum atomic E-state index is -0.223. The van der Waals surface area contributed by atoms with Crippen LogP contribution in [0.3, 0.4) is 0 Å². The molecule has 1 atom stereocenters. The van der Waals surface area contributed by atoms with Crippen LogP contribution in [-0.4, -0.2) is 21.5 Å². The molecule has 5 rings (SSSR count). The summed E-state index contributed by atoms with van der Waals surface area (Å²) in [5.74, 6) is -0.170. The number of thiazole rings is 1. The molecule has 1 aliphatic rings. The van der Waals surface area contributed by atoms with Gasteiger partial charge in [0.2, 0.25) is 5.91 Å². The van der Waals surface area contributed by atoms with Gasteiger partial charge in [-0.1, -0.05) is 43.4 Å². The van der Waals surface area contributed by atoms with Crippen molar-refractivity contribution in [2.45, 2.75) is 45.7 Å². The molecule has 2 heterocycles. The van der Waals surface area contributed by atoms with E-state index in [2.05, 4.69) is 33.1 Å². The van der Waals surface area contributed by atoms with Crippen LogP contribution >= 0.6 is 11.3 Å². The first kappa shape index (κ1) is 21.6. The molecule has 1 amide bonds. The van der Waals surface area contributed by atoms with Gasteiger partial charge in [-0.05, 0) is 60.2 Å². The molecule has 0 spiro atoms. The largest absolute Gasteiger partial charge is 0.375 e. The van der Waals surface area contributed by atoms with Crippen molar-refractivity contribution in [2.24, 2.45) is 5.92 Å². The second-order valence-corrected chi connectivity index (χ2v) is 10.1. The fourth-order valence-corrected chi connectivity index (χ4v) is 5.39. The monoisotopic (exact) mass is 462 g/mol. The molecule has 170 valence electrons. The number of hydrogen-bond acceptors (Lipinski definition) is 4. The number of amides is 1. The van der Waals surface area contributed by atoms with Gasteiger partial charge in [0.15, 0.2) is 5.13 Å². The van der Waals surface area contributed by atoms with Crippen LogP contribution in [0.25, 0.3) is 21.3 Å². The van der Waals surface area contributed by atoms with Crippen LogP contribution in [0.5, 0.6) is 0 Å². The summed E-state index contributed by atoms with van der Waals surface area (Å²) in [6.45, 7) is 4.45. The van der Waals surface area contributed by atoms with Crippen LogP contribution in [-0.2, 0) is 24.2 Å². The second-order valence-electron chi connectivity index (χ2n) is 9.04. The first-order valence-corrected chi connectivity index (χ1v) is 12.1. The number of nitrogens with two attached hydrogens (primary N) is 1. The number of benzene rings is 2. The molecule has 0 fully saturated rings. The molecule has 2 aromatic carbocycles. The Morgan fingerprint density at radius 3 is 2.88 bits per heavy atom. The third-order valence-corrected chi connectivity index (χ3v) is 7.25. The van der Waals surface area contributed by atoms with Crippen molar-refractivity contribution in [3.8, 4) is 10.4 Å². The number of nitrogens with one attached hydrogen (secondary N) is 1. The van der Waals surface area contributed by atoms with E-state index in [9.17, 15) is 9.18 Å². The van der Waals surface area contributed by atoms with Gasteiger partial charge >= 0.3 is 0 Å². The Bertz CT molecular complexity index is 1340. The summed E-state index contributed by atoms with van der Waals surface area (Å²) in [4.78, 5) is 17.6. The van der Waals surface area contributed by atoms with E-state index in [1.807, 2.05) is 26.1 Å². The van der Waals surface area contributed by atoms with Crippen molar-refractivity contribution in [3.05, 3.63) is 71.3 Å². The molecule has 7 heteroatoms. The third-order valence-electron chi connectivity index (χ3n) is 6.38. The lowest BCUT2D eigenvalue weighted by atomic mass is 9.90. The predicted octanol–water partition coefficient (Wildman–Crippen LogP) is 5.16. The van der Waals surface area contributed by atoms with Gasteiger partial charge < -0.3 is 15.6 Å². The number of aromatic nitrogens is 2. The van der Waals surface area contributed by atoms with Crippen molar-refractivity contribution in [3.63, 3.8) is 0 Å². The van der Waals surface area contributed by atoms with E-state index in [4.69, 9.17) is 5.73 Å². The fraction of sp³-hybridized carbons (Fsp3) is 0.308. The van der Waals surface area contributed by atoms with Crippen LogP contribution < -0.4 is 11.1 Å². The van der Waals surface area contributed by atoms with Crippen molar-refractivity contribution in [1.82, 2.24) is 14.9 Å². The van der Waals surface area contributed by atoms with Crippen molar-refractivity contribution < 1.29 is 9.18 Å². The van der Waals surface area contributed by atoms with Gasteiger partial charge in [-0.3, -0.25) is 4.79 Å². The van der Waals surface area contributed by atoms with Gasteiger partial charge in [0.1, 0.15) is 5.82 Å². The Kier molecular flexibility index (Phi) is 5.66. The molecule has 0 aliphatic heterocycles. The summed E-state index contributed by atoms with van der Waals surface area (Å²) in [5, 5.41) is 4.94. The van der Waals surface area contributed by atoms with E-state index in [1.165, 1.54) is 34.0 Å². The topological polar surface area (TPSA) is 72.9 Å². The molecular weight excluding hydrogens is 435 g/mol. The quantitative estimate of drug-likeness (QED) is 0.430. The standard InChI is InChI=1S/C26H27FN4OS/c1-15(2)25(32)30-19-7-9-23-21(12-19)20-11-17(24-13-29-26(28)33-24)6-8-22(20)31(23)14-16-4-3-5-18(27)10-16/h3-6,8,10-11,13,15,19H,7,9,12,14H2,1-2H3,(H2,28,29)(H,30,32)/t19-/m1/s1. The lowest BCUT2D eigenvalue weighted by Crippen LogP contribution is -2.41. The summed E-state index contributed by atoms with van der Waals surface area (Å²) in [7, 11) is 0. The van der Waals surface area contributed by atoms with E-state index >= 15 is 0 Å². The van der Waals surface area contributed by atoms with Crippen LogP contribution in [0.2, 0.25) is 0 Å². The number of nitrogens with zero attached hydrogens (tertiary/aromatic N) is 2. The first-order chi connectivity index (χ1) is 15.9. The zero-order valence-electron chi connectivity index (χ0n) is 18.8. The van der Waals surface area contributed by atoms with E-state index in [0.29, 0.717) is 11.7 Å². The number of fused-ring (bicyclic) bond motifs is 3. The molecule has 4 aromatic rings. The highest BCUT2D eigenvalue weighted by Gasteiger charge is 2.27. The van der Waals surface area contributed by atoms with E-state index in [-0.39, 0.29) is 23.7 Å². The number of halogens is 1. The van der Waals surface area contributed by atoms with Crippen molar-refractivity contribution in [1.29, 1.82) is 0 Å². The highest BCUT2D eigenvalue weighted by atomic mass is 32.1. The summed E-state index contributed by atoms with van der Waals surface area (Å²) in [6, 6.07) is 13.3. The third kappa shape index (κ3) is 4.25. The number of rotatable bonds is 5. The lowest BCUT2D eigenvalue weighted by Gasteiger charge is -2.26. The minimum Gasteiger partial charge on any atom is -0.375 e. The normalized spacial score (nSPS) is 15.7. The van der Waals surface area contributed by atoms with Crippen LogP contribution in [0, 0.1) is 11.7 Å². The van der Waals surface area contributed by atoms with E-state index in [1.54, 1.807) is 12.1 Å². The summed E-state index contributed by atoms with van der Waals surface area (Å²) in [5.41, 5.74) is 11.5. The highest BCUT2D eigenvalue weighted by Crippen LogP contribution is 2.37. The van der Waals surface area contributed by atoms with Gasteiger partial charge in [-0.25, -0.2) is 9.37 Å². The number of carbonyl (C=O) groups excluding carboxylic acids is 1. The number of carbonyl (C=O) groups is 1. The first-order valence-electron chi connectivity index (χ1n) is 11.3. The zero-order valence-corrected chi connectivity index (χ0v) is 19.6. The number of hydrogen-bond donors (Lipinski definition) is 2. The molecule has 2 aromatic heterocycles. The predicted molar refractivity (Wildman–Crippen MR) is 132 cm³/mol. The number of nitrogen functional groups attached to an aromatic ring is 1. The Morgan fingerprint density at radius 1 is 1.30 bits per heavy atom. The van der Waals surface area contributed by atoms with Gasteiger partial charge in [0, 0.05) is 41.3 Å². The molecule has 0 unspecified atom stereocenters. The highest BCUT2D eigenvalue weighted by molar-refractivity contribution is 7.18. The lowest BCUT2D eigenvalue weighted by molar-refractivity contribution is -0.124. The van der Waals surface area contributed by atoms with Crippen LogP contribution in [0.1, 0.15) is 37.1 Å². The maximum Gasteiger partial charge on any atom is 0.222 e. The smallest absolute Gasteiger partial charge is 0.222 e. The molecule has 3 N–H and O–H groups in total. The maximum absolute atomic E-state index is 13.9. The van der Waals surface area contributed by atoms with Crippen molar-refractivity contribution >= 4 is 33.3 Å². The molecule has 0 saturated carbocycles. The summed E-state index contributed by atoms with van der Waals surface area (Å²) < 4.78 is 16.2. The summed E-state index contributed by atoms with van der Waals surface area (Å²) >= 11 is 1.47. The molecule has 5 nitrogen and oxygen atoms in total. The molecule has 0 radical (unpaired) electrons. The van der Waals surface area contributed by atoms with Crippen LogP contribution in [0.4, 0.5) is 9.52 Å². The zero-order chi connectivity index (χ0) is 23.1. The van der Waals surface area contributed by atoms with Crippen LogP contribution in [0.15, 0.2) is 48.7 Å². The van der Waals surface area contributed by atoms with Gasteiger partial charge in [0.05, 0.1) is 4.88 Å². The molecular formula is C26H27FN4OS. The van der Waals surface area contributed by atoms with Gasteiger partial charge in [-0.2, -0.15) is 0 Å². The molecule has 0 bridgehead atoms. The Hall–Kier alpha value is -3.19. The average molecular weight is 463 g/mol. The Balaban J connectivity index is 1.59. The SMILES string of the molecule is CC(C)C(=O)N[C@@H]1CCc2c(c3cc(-c4cnc(N)s4)ccc3n2Cc2cccc(F)c2)C1. The second kappa shape index (κ2) is 8.63. The van der Waals surface area contributed by atoms with Gasteiger partial charge in [0.25, 0.3) is 0 Å². The molecule has 1 aliphatic carbocycles. The number of anilines is 1. The van der Waals surface area contributed by atoms with E-state index < -0.39 is 0 Å². The molecule has 33 heavy (non-hydrogen) atoms. The Morgan fingerprint density at radius 2 is 2.15 bits per heavy atom. The molecule has 0 saturated heterocycles.